The van der Waals surface area contributed by atoms with Gasteiger partial charge in [0.15, 0.2) is 0 Å². The van der Waals surface area contributed by atoms with Crippen molar-refractivity contribution in [2.75, 3.05) is 7.11 Å². The fraction of sp³-hybridized carbons (Fsp3) is 0.0909. The Morgan fingerprint density at radius 3 is 2.81 bits per heavy atom. The van der Waals surface area contributed by atoms with E-state index >= 15 is 0 Å². The number of ether oxygens (including phenoxy) is 1. The molecule has 82 valence electrons. The molecular weight excluding hydrogens is 244 g/mol. The lowest BCUT2D eigenvalue weighted by Gasteiger charge is -2.03. The van der Waals surface area contributed by atoms with E-state index in [0.29, 0.717) is 20.9 Å². The molecule has 3 nitrogen and oxygen atoms in total. The van der Waals surface area contributed by atoms with Gasteiger partial charge in [-0.05, 0) is 18.3 Å². The number of methoxy groups -OCH3 is 1. The van der Waals surface area contributed by atoms with Crippen LogP contribution in [0.2, 0.25) is 0 Å². The lowest BCUT2D eigenvalue weighted by molar-refractivity contribution is 0.0601. The summed E-state index contributed by atoms with van der Waals surface area (Å²) in [6, 6.07) is 7.10. The Kier molecular flexibility index (Phi) is 3.17. The van der Waals surface area contributed by atoms with Crippen LogP contribution >= 0.6 is 23.6 Å². The molecule has 0 amide bonds. The third-order valence-electron chi connectivity index (χ3n) is 2.05. The second-order valence-corrected chi connectivity index (χ2v) is 4.46. The summed E-state index contributed by atoms with van der Waals surface area (Å²) in [7, 11) is 1.35. The van der Waals surface area contributed by atoms with E-state index in [4.69, 9.17) is 21.4 Å². The Hall–Kier alpha value is -1.46. The summed E-state index contributed by atoms with van der Waals surface area (Å²) in [6.45, 7) is 0. The molecule has 2 rings (SSSR count). The highest BCUT2D eigenvalue weighted by atomic mass is 32.1. The maximum absolute atomic E-state index is 11.5. The fourth-order valence-electron chi connectivity index (χ4n) is 1.34. The highest BCUT2D eigenvalue weighted by Crippen LogP contribution is 2.27. The topological polar surface area (TPSA) is 39.4 Å². The van der Waals surface area contributed by atoms with Crippen LogP contribution < -0.4 is 0 Å². The summed E-state index contributed by atoms with van der Waals surface area (Å²) >= 11 is 6.23. The molecular formula is C11H8O3S2. The van der Waals surface area contributed by atoms with Gasteiger partial charge in [0.25, 0.3) is 0 Å². The van der Waals surface area contributed by atoms with Crippen LogP contribution in [0.3, 0.4) is 0 Å². The van der Waals surface area contributed by atoms with Gasteiger partial charge in [-0.25, -0.2) is 4.79 Å². The van der Waals surface area contributed by atoms with Crippen molar-refractivity contribution in [3.8, 4) is 11.3 Å². The van der Waals surface area contributed by atoms with Crippen LogP contribution in [-0.2, 0) is 4.74 Å². The largest absolute Gasteiger partial charge is 0.465 e. The van der Waals surface area contributed by atoms with Crippen molar-refractivity contribution in [1.82, 2.24) is 0 Å². The zero-order valence-electron chi connectivity index (χ0n) is 8.43. The monoisotopic (exact) mass is 252 g/mol. The Bertz CT molecular complexity index is 568. The number of esters is 1. The fourth-order valence-corrected chi connectivity index (χ4v) is 2.09. The number of rotatable bonds is 2. The van der Waals surface area contributed by atoms with Crippen LogP contribution in [0.4, 0.5) is 0 Å². The summed E-state index contributed by atoms with van der Waals surface area (Å²) < 4.78 is 10.5. The SMILES string of the molecule is COC(=O)c1ccccc1-c1csc(=S)o1. The number of hydrogen-bond donors (Lipinski definition) is 0. The first kappa shape index (κ1) is 11.0. The summed E-state index contributed by atoms with van der Waals surface area (Å²) in [5.74, 6) is 0.207. The highest BCUT2D eigenvalue weighted by molar-refractivity contribution is 7.73. The number of carbonyl (C=O) groups excluding carboxylic acids is 1. The molecule has 0 saturated carbocycles. The summed E-state index contributed by atoms with van der Waals surface area (Å²) in [6.07, 6.45) is 0. The molecule has 1 aromatic heterocycles. The maximum atomic E-state index is 11.5. The standard InChI is InChI=1S/C11H8O3S2/c1-13-10(12)8-5-3-2-4-7(8)9-6-16-11(15)14-9/h2-6H,1H3. The van der Waals surface area contributed by atoms with Gasteiger partial charge in [-0.3, -0.25) is 0 Å². The molecule has 1 heterocycles. The minimum atomic E-state index is -0.386. The molecule has 0 radical (unpaired) electrons. The smallest absolute Gasteiger partial charge is 0.338 e. The van der Waals surface area contributed by atoms with E-state index in [2.05, 4.69) is 0 Å². The molecule has 0 fully saturated rings. The third kappa shape index (κ3) is 2.05. The van der Waals surface area contributed by atoms with Gasteiger partial charge in [-0.1, -0.05) is 29.5 Å². The van der Waals surface area contributed by atoms with Crippen LogP contribution in [0.25, 0.3) is 11.3 Å². The molecule has 1 aromatic carbocycles. The molecule has 5 heteroatoms. The molecule has 0 spiro atoms. The van der Waals surface area contributed by atoms with Crippen LogP contribution in [0.5, 0.6) is 0 Å². The Balaban J connectivity index is 2.56. The first-order chi connectivity index (χ1) is 7.72. The van der Waals surface area contributed by atoms with Crippen molar-refractivity contribution in [1.29, 1.82) is 0 Å². The minimum absolute atomic E-state index is 0.386. The number of hydrogen-bond acceptors (Lipinski definition) is 5. The predicted octanol–water partition coefficient (Wildman–Crippen LogP) is 3.52. The van der Waals surface area contributed by atoms with E-state index in [9.17, 15) is 4.79 Å². The number of carbonyl (C=O) groups is 1. The van der Waals surface area contributed by atoms with Crippen LogP contribution in [0, 0.1) is 4.02 Å². The van der Waals surface area contributed by atoms with Crippen molar-refractivity contribution >= 4 is 29.5 Å². The molecule has 0 N–H and O–H groups in total. The van der Waals surface area contributed by atoms with E-state index < -0.39 is 0 Å². The van der Waals surface area contributed by atoms with Gasteiger partial charge >= 0.3 is 5.97 Å². The Morgan fingerprint density at radius 1 is 1.44 bits per heavy atom. The van der Waals surface area contributed by atoms with E-state index in [-0.39, 0.29) is 5.97 Å². The van der Waals surface area contributed by atoms with Crippen LogP contribution in [-0.4, -0.2) is 13.1 Å². The average Bonchev–Trinajstić information content (AvgIpc) is 2.75. The average molecular weight is 252 g/mol. The van der Waals surface area contributed by atoms with Gasteiger partial charge in [0.1, 0.15) is 5.76 Å². The van der Waals surface area contributed by atoms with Crippen molar-refractivity contribution in [2.24, 2.45) is 0 Å². The third-order valence-corrected chi connectivity index (χ3v) is 3.03. The van der Waals surface area contributed by atoms with Crippen molar-refractivity contribution in [2.45, 2.75) is 0 Å². The predicted molar refractivity (Wildman–Crippen MR) is 64.2 cm³/mol. The lowest BCUT2D eigenvalue weighted by Crippen LogP contribution is -2.02. The van der Waals surface area contributed by atoms with Gasteiger partial charge in [0.05, 0.1) is 12.7 Å². The highest BCUT2D eigenvalue weighted by Gasteiger charge is 2.14. The molecule has 0 aliphatic carbocycles. The van der Waals surface area contributed by atoms with Crippen molar-refractivity contribution in [3.63, 3.8) is 0 Å². The molecule has 0 aliphatic heterocycles. The second kappa shape index (κ2) is 4.59. The Morgan fingerprint density at radius 2 is 2.19 bits per heavy atom. The zero-order valence-corrected chi connectivity index (χ0v) is 10.1. The molecule has 2 aromatic rings. The number of benzene rings is 1. The first-order valence-corrected chi connectivity index (χ1v) is 5.77. The van der Waals surface area contributed by atoms with Crippen molar-refractivity contribution in [3.05, 3.63) is 39.2 Å². The molecule has 0 saturated heterocycles. The van der Waals surface area contributed by atoms with E-state index in [1.165, 1.54) is 18.4 Å². The normalized spacial score (nSPS) is 10.1. The molecule has 0 aliphatic rings. The van der Waals surface area contributed by atoms with E-state index in [1.54, 1.807) is 23.6 Å². The van der Waals surface area contributed by atoms with E-state index in [1.807, 2.05) is 6.07 Å². The minimum Gasteiger partial charge on any atom is -0.465 e. The van der Waals surface area contributed by atoms with Crippen molar-refractivity contribution < 1.29 is 13.9 Å². The molecule has 0 unspecified atom stereocenters. The summed E-state index contributed by atoms with van der Waals surface area (Å²) in [4.78, 5) is 11.5. The zero-order chi connectivity index (χ0) is 11.5. The van der Waals surface area contributed by atoms with Gasteiger partial charge in [0, 0.05) is 10.9 Å². The van der Waals surface area contributed by atoms with Crippen LogP contribution in [0.15, 0.2) is 34.1 Å². The van der Waals surface area contributed by atoms with Gasteiger partial charge in [-0.2, -0.15) is 0 Å². The quantitative estimate of drug-likeness (QED) is 0.605. The first-order valence-electron chi connectivity index (χ1n) is 4.48. The van der Waals surface area contributed by atoms with Gasteiger partial charge < -0.3 is 9.15 Å². The molecule has 0 bridgehead atoms. The van der Waals surface area contributed by atoms with E-state index in [0.717, 1.165) is 0 Å². The molecule has 16 heavy (non-hydrogen) atoms. The maximum Gasteiger partial charge on any atom is 0.338 e. The summed E-state index contributed by atoms with van der Waals surface area (Å²) in [5.41, 5.74) is 1.17. The lowest BCUT2D eigenvalue weighted by atomic mass is 10.1. The van der Waals surface area contributed by atoms with Gasteiger partial charge in [-0.15, -0.1) is 0 Å². The Labute approximate surface area is 101 Å². The van der Waals surface area contributed by atoms with Crippen LogP contribution in [0.1, 0.15) is 10.4 Å². The summed E-state index contributed by atoms with van der Waals surface area (Å²) in [5, 5.41) is 1.78. The van der Waals surface area contributed by atoms with Gasteiger partial charge in [0.2, 0.25) is 4.02 Å². The second-order valence-electron chi connectivity index (χ2n) is 2.99. The molecule has 0 atom stereocenters.